The molecule has 1 fully saturated rings. The van der Waals surface area contributed by atoms with Gasteiger partial charge in [-0.1, -0.05) is 31.0 Å². The maximum Gasteiger partial charge on any atom is 0.586 e. The predicted octanol–water partition coefficient (Wildman–Crippen LogP) is 3.89. The van der Waals surface area contributed by atoms with Crippen molar-refractivity contribution in [3.8, 4) is 11.5 Å². The quantitative estimate of drug-likeness (QED) is 0.645. The van der Waals surface area contributed by atoms with E-state index in [1.54, 1.807) is 4.90 Å². The molecule has 2 aliphatic heterocycles. The van der Waals surface area contributed by atoms with Crippen LogP contribution < -0.4 is 19.7 Å². The number of benzene rings is 2. The maximum absolute atomic E-state index is 13.4. The molecule has 8 nitrogen and oxygen atoms in total. The smallest absolute Gasteiger partial charge is 0.455 e. The Hall–Kier alpha value is -3.69. The molecule has 2 heterocycles. The van der Waals surface area contributed by atoms with Crippen molar-refractivity contribution in [3.05, 3.63) is 48.0 Å². The number of hydrogen-bond acceptors (Lipinski definition) is 6. The first-order chi connectivity index (χ1) is 16.8. The zero-order valence-corrected chi connectivity index (χ0v) is 18.8. The number of carbonyl (C=O) groups excluding carboxylic acids is 3. The van der Waals surface area contributed by atoms with E-state index in [-0.39, 0.29) is 23.1 Å². The fraction of sp³-hybridized carbons (Fsp3) is 0.400. The minimum Gasteiger partial charge on any atom is -0.455 e. The molecule has 2 aromatic carbocycles. The van der Waals surface area contributed by atoms with Gasteiger partial charge in [-0.25, -0.2) is 0 Å². The molecular formula is C25H24F2N2O6. The Morgan fingerprint density at radius 3 is 2.60 bits per heavy atom. The molecule has 10 heteroatoms. The summed E-state index contributed by atoms with van der Waals surface area (Å²) in [6.45, 7) is 0.0215. The summed E-state index contributed by atoms with van der Waals surface area (Å²) in [5, 5.41) is 2.48. The molecule has 1 aliphatic carbocycles. The average molecular weight is 486 g/mol. The molecular weight excluding hydrogens is 462 g/mol. The van der Waals surface area contributed by atoms with Crippen LogP contribution in [0.25, 0.3) is 0 Å². The van der Waals surface area contributed by atoms with Gasteiger partial charge in [0.05, 0.1) is 11.8 Å². The maximum atomic E-state index is 13.4. The summed E-state index contributed by atoms with van der Waals surface area (Å²) >= 11 is 0. The monoisotopic (exact) mass is 486 g/mol. The first kappa shape index (κ1) is 23.1. The number of fused-ring (bicyclic) bond motifs is 2. The summed E-state index contributed by atoms with van der Waals surface area (Å²) in [5.41, 5.74) is 2.18. The molecule has 0 unspecified atom stereocenters. The molecule has 0 radical (unpaired) electrons. The molecule has 2 atom stereocenters. The second-order valence-electron chi connectivity index (χ2n) is 8.85. The van der Waals surface area contributed by atoms with Crippen LogP contribution in [-0.2, 0) is 25.5 Å². The number of halogens is 2. The van der Waals surface area contributed by atoms with E-state index >= 15 is 0 Å². The number of nitrogens with zero attached hydrogens (tertiary/aromatic N) is 1. The van der Waals surface area contributed by atoms with Crippen molar-refractivity contribution in [1.82, 2.24) is 0 Å². The van der Waals surface area contributed by atoms with Crippen molar-refractivity contribution >= 4 is 29.2 Å². The summed E-state index contributed by atoms with van der Waals surface area (Å²) in [7, 11) is 0. The highest BCUT2D eigenvalue weighted by Gasteiger charge is 2.43. The van der Waals surface area contributed by atoms with E-state index in [0.717, 1.165) is 30.5 Å². The van der Waals surface area contributed by atoms with Crippen molar-refractivity contribution in [2.45, 2.75) is 38.4 Å². The van der Waals surface area contributed by atoms with Crippen LogP contribution in [0.4, 0.5) is 20.2 Å². The van der Waals surface area contributed by atoms with Gasteiger partial charge in [-0.2, -0.15) is 0 Å². The molecule has 3 aliphatic rings. The first-order valence-corrected chi connectivity index (χ1v) is 11.6. The normalized spacial score (nSPS) is 21.8. The third-order valence-electron chi connectivity index (χ3n) is 6.57. The zero-order chi connectivity index (χ0) is 24.6. The van der Waals surface area contributed by atoms with Gasteiger partial charge in [0.25, 0.3) is 5.91 Å². The van der Waals surface area contributed by atoms with Gasteiger partial charge >= 0.3 is 12.3 Å². The molecule has 0 spiro atoms. The number of alkyl halides is 2. The van der Waals surface area contributed by atoms with Gasteiger partial charge in [0.1, 0.15) is 0 Å². The number of anilines is 2. The molecule has 2 amide bonds. The van der Waals surface area contributed by atoms with Crippen LogP contribution in [0.3, 0.4) is 0 Å². The third kappa shape index (κ3) is 4.78. The van der Waals surface area contributed by atoms with Gasteiger partial charge in [-0.15, -0.1) is 8.78 Å². The largest absolute Gasteiger partial charge is 0.586 e. The highest BCUT2D eigenvalue weighted by Crippen LogP contribution is 2.42. The van der Waals surface area contributed by atoms with Crippen molar-refractivity contribution in [2.75, 3.05) is 23.4 Å². The van der Waals surface area contributed by atoms with Crippen molar-refractivity contribution in [1.29, 1.82) is 0 Å². The van der Waals surface area contributed by atoms with E-state index in [1.807, 2.05) is 24.3 Å². The Bertz CT molecular complexity index is 1170. The fourth-order valence-electron chi connectivity index (χ4n) is 4.94. The van der Waals surface area contributed by atoms with E-state index in [4.69, 9.17) is 4.74 Å². The molecule has 1 N–H and O–H groups in total. The molecule has 35 heavy (non-hydrogen) atoms. The van der Waals surface area contributed by atoms with E-state index in [2.05, 4.69) is 14.8 Å². The number of amides is 2. The van der Waals surface area contributed by atoms with Crippen LogP contribution in [0.1, 0.15) is 31.2 Å². The number of esters is 1. The minimum absolute atomic E-state index is 0.0850. The Balaban J connectivity index is 1.18. The van der Waals surface area contributed by atoms with Crippen LogP contribution in [0.15, 0.2) is 42.5 Å². The molecule has 0 aromatic heterocycles. The zero-order valence-electron chi connectivity index (χ0n) is 18.8. The summed E-state index contributed by atoms with van der Waals surface area (Å²) in [5.74, 6) is -2.79. The third-order valence-corrected chi connectivity index (χ3v) is 6.57. The summed E-state index contributed by atoms with van der Waals surface area (Å²) in [6, 6.07) is 11.6. The van der Waals surface area contributed by atoms with Crippen LogP contribution in [0, 0.1) is 11.8 Å². The number of nitrogens with one attached hydrogen (secondary N) is 1. The van der Waals surface area contributed by atoms with E-state index in [0.29, 0.717) is 19.4 Å². The summed E-state index contributed by atoms with van der Waals surface area (Å²) in [6.07, 6.45) is -0.228. The predicted molar refractivity (Wildman–Crippen MR) is 120 cm³/mol. The number of hydrogen-bond donors (Lipinski definition) is 1. The number of rotatable bonds is 5. The van der Waals surface area contributed by atoms with E-state index < -0.39 is 36.6 Å². The van der Waals surface area contributed by atoms with Gasteiger partial charge < -0.3 is 24.4 Å². The lowest BCUT2D eigenvalue weighted by Gasteiger charge is -2.32. The Labute approximate surface area is 200 Å². The van der Waals surface area contributed by atoms with Crippen LogP contribution in [-0.4, -0.2) is 37.2 Å². The number of para-hydroxylation sites is 1. The molecule has 0 bridgehead atoms. The lowest BCUT2D eigenvalue weighted by molar-refractivity contribution is -0.286. The van der Waals surface area contributed by atoms with E-state index in [9.17, 15) is 23.2 Å². The Morgan fingerprint density at radius 2 is 1.77 bits per heavy atom. The Morgan fingerprint density at radius 1 is 1.03 bits per heavy atom. The fourth-order valence-corrected chi connectivity index (χ4v) is 4.94. The lowest BCUT2D eigenvalue weighted by Crippen LogP contribution is -2.42. The summed E-state index contributed by atoms with van der Waals surface area (Å²) in [4.78, 5) is 40.3. The molecule has 1 saturated carbocycles. The van der Waals surface area contributed by atoms with Crippen LogP contribution in [0.2, 0.25) is 0 Å². The Kier molecular flexibility index (Phi) is 6.04. The van der Waals surface area contributed by atoms with Gasteiger partial charge in [-0.3, -0.25) is 14.4 Å². The molecule has 5 rings (SSSR count). The second-order valence-corrected chi connectivity index (χ2v) is 8.85. The highest BCUT2D eigenvalue weighted by molar-refractivity contribution is 5.99. The van der Waals surface area contributed by atoms with Gasteiger partial charge in [0.15, 0.2) is 18.1 Å². The molecule has 2 aromatic rings. The lowest BCUT2D eigenvalue weighted by atomic mass is 9.78. The molecule has 0 saturated heterocycles. The van der Waals surface area contributed by atoms with Gasteiger partial charge in [-0.05, 0) is 43.0 Å². The molecule has 184 valence electrons. The first-order valence-electron chi connectivity index (χ1n) is 11.6. The van der Waals surface area contributed by atoms with Crippen LogP contribution in [0.5, 0.6) is 11.5 Å². The van der Waals surface area contributed by atoms with Crippen molar-refractivity contribution < 1.29 is 37.4 Å². The highest BCUT2D eigenvalue weighted by atomic mass is 19.3. The standard InChI is InChI=1S/C25H24F2N2O6/c26-25(27)34-20-10-9-16(13-21(20)35-25)28-22(30)14-33-24(32)18-7-3-2-6-17(18)23(31)29-12-11-15-5-1-4-8-19(15)29/h1,4-5,8-10,13,17-18H,2-3,6-7,11-12,14H2,(H,28,30)/t17-,18-/m1/s1. The topological polar surface area (TPSA) is 94.2 Å². The van der Waals surface area contributed by atoms with Crippen molar-refractivity contribution in [3.63, 3.8) is 0 Å². The average Bonchev–Trinajstić information content (AvgIpc) is 3.41. The number of carbonyl (C=O) groups is 3. The van der Waals surface area contributed by atoms with Crippen molar-refractivity contribution in [2.24, 2.45) is 11.8 Å². The number of ether oxygens (including phenoxy) is 3. The second kappa shape index (κ2) is 9.16. The van der Waals surface area contributed by atoms with Crippen LogP contribution >= 0.6 is 0 Å². The summed E-state index contributed by atoms with van der Waals surface area (Å²) < 4.78 is 40.3. The van der Waals surface area contributed by atoms with Gasteiger partial charge in [0, 0.05) is 24.0 Å². The van der Waals surface area contributed by atoms with E-state index in [1.165, 1.54) is 18.2 Å². The SMILES string of the molecule is O=C(COC(=O)[C@@H]1CCCC[C@H]1C(=O)N1CCc2ccccc21)Nc1ccc2c(c1)OC(F)(F)O2. The minimum atomic E-state index is -3.76. The van der Waals surface area contributed by atoms with Gasteiger partial charge in [0.2, 0.25) is 5.91 Å².